The number of nitrogens with zero attached hydrogens (tertiary/aromatic N) is 4. The first kappa shape index (κ1) is 20.9. The third kappa shape index (κ3) is 4.56. The maximum atomic E-state index is 8.76. The van der Waals surface area contributed by atoms with Crippen LogP contribution in [0.2, 0.25) is 0 Å². The average Bonchev–Trinajstić information content (AvgIpc) is 3.35. The minimum Gasteiger partial charge on any atom is -0.394 e. The number of rotatable bonds is 8. The van der Waals surface area contributed by atoms with Crippen molar-refractivity contribution in [2.45, 2.75) is 64.3 Å². The maximum Gasteiger partial charge on any atom is 0.0969 e. The van der Waals surface area contributed by atoms with Gasteiger partial charge < -0.3 is 14.6 Å². The number of hydrogen-bond donors (Lipinski definition) is 1. The van der Waals surface area contributed by atoms with Crippen molar-refractivity contribution in [3.8, 4) is 0 Å². The molecule has 0 aromatic carbocycles. The van der Waals surface area contributed by atoms with Crippen LogP contribution in [0.1, 0.15) is 47.7 Å². The Bertz CT molecular complexity index is 808. The normalized spacial score (nSPS) is 24.9. The van der Waals surface area contributed by atoms with E-state index >= 15 is 0 Å². The predicted octanol–water partition coefficient (Wildman–Crippen LogP) is 2.36. The number of ether oxygens (including phenoxy) is 2. The van der Waals surface area contributed by atoms with Gasteiger partial charge in [0.05, 0.1) is 44.3 Å². The molecule has 2 aliphatic rings. The Kier molecular flexibility index (Phi) is 6.66. The fourth-order valence-corrected chi connectivity index (χ4v) is 5.74. The molecule has 0 radical (unpaired) electrons. The molecule has 0 amide bonds. The summed E-state index contributed by atoms with van der Waals surface area (Å²) in [5, 5.41) is 17.3. The van der Waals surface area contributed by atoms with Gasteiger partial charge in [-0.3, -0.25) is 4.90 Å². The fourth-order valence-electron chi connectivity index (χ4n) is 4.56. The van der Waals surface area contributed by atoms with E-state index in [1.807, 2.05) is 22.2 Å². The minimum absolute atomic E-state index is 0.0489. The van der Waals surface area contributed by atoms with Crippen molar-refractivity contribution in [3.63, 3.8) is 0 Å². The summed E-state index contributed by atoms with van der Waals surface area (Å²) in [6, 6.07) is 2.84. The third-order valence-corrected chi connectivity index (χ3v) is 7.45. The molecule has 29 heavy (non-hydrogen) atoms. The van der Waals surface area contributed by atoms with Crippen molar-refractivity contribution in [3.05, 3.63) is 33.3 Å². The van der Waals surface area contributed by atoms with Gasteiger partial charge in [0.1, 0.15) is 0 Å². The summed E-state index contributed by atoms with van der Waals surface area (Å²) in [6.45, 7) is 8.80. The van der Waals surface area contributed by atoms with Gasteiger partial charge in [0.2, 0.25) is 0 Å². The van der Waals surface area contributed by atoms with E-state index in [2.05, 4.69) is 35.1 Å². The van der Waals surface area contributed by atoms with Crippen LogP contribution < -0.4 is 0 Å². The van der Waals surface area contributed by atoms with E-state index in [1.54, 1.807) is 4.88 Å². The second kappa shape index (κ2) is 9.22. The Morgan fingerprint density at radius 3 is 3.10 bits per heavy atom. The molecular weight excluding hydrogens is 388 g/mol. The van der Waals surface area contributed by atoms with Gasteiger partial charge in [0.25, 0.3) is 0 Å². The third-order valence-electron chi connectivity index (χ3n) is 6.11. The lowest BCUT2D eigenvalue weighted by Gasteiger charge is -2.47. The van der Waals surface area contributed by atoms with E-state index in [-0.39, 0.29) is 12.2 Å². The van der Waals surface area contributed by atoms with E-state index < -0.39 is 0 Å². The number of likely N-dealkylation sites (tertiary alicyclic amines) is 1. The molecule has 2 aromatic rings. The van der Waals surface area contributed by atoms with Gasteiger partial charge in [0, 0.05) is 41.5 Å². The standard InChI is InChI=1S/C21H32N4O3S/c1-3-18-12-19-20(29-18)4-9-28-21(19)5-6-24(16(2)13-21)14-17-15-25(23-22-17)7-10-27-11-8-26/h12,15-16,26H,3-11,13-14H2,1-2H3/t16-,21+/m0/s1. The van der Waals surface area contributed by atoms with Crippen molar-refractivity contribution in [1.29, 1.82) is 0 Å². The Morgan fingerprint density at radius 1 is 1.41 bits per heavy atom. The summed E-state index contributed by atoms with van der Waals surface area (Å²) in [6.07, 6.45) is 6.23. The summed E-state index contributed by atoms with van der Waals surface area (Å²) in [7, 11) is 0. The number of aryl methyl sites for hydroxylation is 1. The zero-order chi connectivity index (χ0) is 20.3. The molecule has 2 atom stereocenters. The van der Waals surface area contributed by atoms with Gasteiger partial charge >= 0.3 is 0 Å². The van der Waals surface area contributed by atoms with E-state index in [0.717, 1.165) is 51.1 Å². The molecule has 0 bridgehead atoms. The highest BCUT2D eigenvalue weighted by Crippen LogP contribution is 2.46. The molecule has 1 fully saturated rings. The van der Waals surface area contributed by atoms with Crippen molar-refractivity contribution < 1.29 is 14.6 Å². The van der Waals surface area contributed by atoms with Gasteiger partial charge in [-0.2, -0.15) is 0 Å². The monoisotopic (exact) mass is 420 g/mol. The Hall–Kier alpha value is -1.32. The van der Waals surface area contributed by atoms with Gasteiger partial charge in [-0.25, -0.2) is 4.68 Å². The minimum atomic E-state index is -0.102. The number of thiophene rings is 1. The number of hydrogen-bond acceptors (Lipinski definition) is 7. The largest absolute Gasteiger partial charge is 0.394 e. The van der Waals surface area contributed by atoms with Gasteiger partial charge in [-0.05, 0) is 37.8 Å². The number of fused-ring (bicyclic) bond motifs is 2. The molecule has 1 spiro atoms. The first-order valence-corrected chi connectivity index (χ1v) is 11.5. The molecule has 1 saturated heterocycles. The summed E-state index contributed by atoms with van der Waals surface area (Å²) in [5.41, 5.74) is 2.35. The lowest BCUT2D eigenvalue weighted by atomic mass is 9.79. The molecule has 0 saturated carbocycles. The van der Waals surface area contributed by atoms with E-state index in [1.165, 1.54) is 10.4 Å². The fraction of sp³-hybridized carbons (Fsp3) is 0.714. The highest BCUT2D eigenvalue weighted by Gasteiger charge is 2.44. The Morgan fingerprint density at radius 2 is 2.31 bits per heavy atom. The highest BCUT2D eigenvalue weighted by atomic mass is 32.1. The Labute approximate surface area is 176 Å². The van der Waals surface area contributed by atoms with Crippen LogP contribution in [0.15, 0.2) is 12.3 Å². The molecule has 160 valence electrons. The van der Waals surface area contributed by atoms with Gasteiger partial charge in [-0.1, -0.05) is 12.1 Å². The summed E-state index contributed by atoms with van der Waals surface area (Å²) in [5.74, 6) is 0. The number of aromatic nitrogens is 3. The highest BCUT2D eigenvalue weighted by molar-refractivity contribution is 7.12. The first-order valence-electron chi connectivity index (χ1n) is 10.7. The van der Waals surface area contributed by atoms with Crippen LogP contribution in [-0.2, 0) is 41.0 Å². The molecule has 0 unspecified atom stereocenters. The summed E-state index contributed by atoms with van der Waals surface area (Å²) >= 11 is 1.98. The molecule has 4 heterocycles. The van der Waals surface area contributed by atoms with Crippen LogP contribution in [0.4, 0.5) is 0 Å². The molecule has 8 heteroatoms. The number of piperidine rings is 1. The van der Waals surface area contributed by atoms with Crippen LogP contribution in [0, 0.1) is 0 Å². The van der Waals surface area contributed by atoms with E-state index in [4.69, 9.17) is 14.6 Å². The van der Waals surface area contributed by atoms with Crippen molar-refractivity contribution in [2.24, 2.45) is 0 Å². The van der Waals surface area contributed by atoms with E-state index in [9.17, 15) is 0 Å². The predicted molar refractivity (Wildman–Crippen MR) is 112 cm³/mol. The number of aliphatic hydroxyl groups is 1. The average molecular weight is 421 g/mol. The second-order valence-electron chi connectivity index (χ2n) is 8.08. The van der Waals surface area contributed by atoms with Gasteiger partial charge in [0.15, 0.2) is 0 Å². The molecule has 2 aromatic heterocycles. The van der Waals surface area contributed by atoms with Crippen LogP contribution in [-0.4, -0.2) is 64.0 Å². The van der Waals surface area contributed by atoms with Crippen molar-refractivity contribution in [2.75, 3.05) is 33.0 Å². The van der Waals surface area contributed by atoms with Crippen LogP contribution >= 0.6 is 11.3 Å². The van der Waals surface area contributed by atoms with Gasteiger partial charge in [-0.15, -0.1) is 16.4 Å². The molecule has 4 rings (SSSR count). The molecule has 1 N–H and O–H groups in total. The summed E-state index contributed by atoms with van der Waals surface area (Å²) in [4.78, 5) is 5.52. The topological polar surface area (TPSA) is 72.6 Å². The lowest BCUT2D eigenvalue weighted by Crippen LogP contribution is -2.50. The Balaban J connectivity index is 1.37. The van der Waals surface area contributed by atoms with Crippen LogP contribution in [0.25, 0.3) is 0 Å². The maximum absolute atomic E-state index is 8.76. The lowest BCUT2D eigenvalue weighted by molar-refractivity contribution is -0.112. The molecule has 0 aliphatic carbocycles. The SMILES string of the molecule is CCc1cc2c(s1)CCO[C@@]21CCN(Cc2cn(CCOCCO)nn2)[C@@H](C)C1. The zero-order valence-corrected chi connectivity index (χ0v) is 18.3. The van der Waals surface area contributed by atoms with E-state index in [0.29, 0.717) is 25.8 Å². The molecule has 7 nitrogen and oxygen atoms in total. The van der Waals surface area contributed by atoms with Crippen LogP contribution in [0.5, 0.6) is 0 Å². The van der Waals surface area contributed by atoms with Crippen LogP contribution in [0.3, 0.4) is 0 Å². The first-order chi connectivity index (χ1) is 14.1. The quantitative estimate of drug-likeness (QED) is 0.661. The molecular formula is C21H32N4O3S. The second-order valence-corrected chi connectivity index (χ2v) is 9.30. The summed E-state index contributed by atoms with van der Waals surface area (Å²) < 4.78 is 13.6. The smallest absolute Gasteiger partial charge is 0.0969 e. The number of aliphatic hydroxyl groups excluding tert-OH is 1. The van der Waals surface area contributed by atoms with Crippen molar-refractivity contribution in [1.82, 2.24) is 19.9 Å². The molecule has 2 aliphatic heterocycles. The zero-order valence-electron chi connectivity index (χ0n) is 17.5. The van der Waals surface area contributed by atoms with Crippen molar-refractivity contribution >= 4 is 11.3 Å².